The molecular formula is C34H36N4O11. The van der Waals surface area contributed by atoms with E-state index in [-0.39, 0.29) is 24.4 Å². The Kier molecular flexibility index (Phi) is 9.73. The van der Waals surface area contributed by atoms with E-state index in [9.17, 15) is 24.5 Å². The van der Waals surface area contributed by atoms with Gasteiger partial charge in [0.25, 0.3) is 5.69 Å². The summed E-state index contributed by atoms with van der Waals surface area (Å²) in [6.45, 7) is 9.95. The Balaban J connectivity index is 1.43. The molecule has 1 aliphatic heterocycles. The smallest absolute Gasteiger partial charge is 0.444 e. The molecule has 0 unspecified atom stereocenters. The van der Waals surface area contributed by atoms with Crippen molar-refractivity contribution in [2.45, 2.75) is 77.4 Å². The monoisotopic (exact) mass is 676 g/mol. The number of nitro benzene ring substituents is 1. The first-order valence-electron chi connectivity index (χ1n) is 15.4. The van der Waals surface area contributed by atoms with Crippen LogP contribution in [0.15, 0.2) is 71.4 Å². The fourth-order valence-corrected chi connectivity index (χ4v) is 5.18. The maximum absolute atomic E-state index is 13.5. The number of likely N-dealkylation sites (tertiary alicyclic amines) is 1. The molecule has 0 bridgehead atoms. The minimum atomic E-state index is -1.23. The molecule has 15 nitrogen and oxygen atoms in total. The molecule has 5 rings (SSSR count). The molecule has 2 heterocycles. The van der Waals surface area contributed by atoms with Gasteiger partial charge in [-0.2, -0.15) is 0 Å². The van der Waals surface area contributed by atoms with Crippen LogP contribution in [0.1, 0.15) is 47.1 Å². The fourth-order valence-electron chi connectivity index (χ4n) is 5.18. The summed E-state index contributed by atoms with van der Waals surface area (Å²) in [6, 6.07) is 17.0. The van der Waals surface area contributed by atoms with Crippen molar-refractivity contribution < 1.29 is 47.6 Å². The summed E-state index contributed by atoms with van der Waals surface area (Å²) < 4.78 is 32.5. The summed E-state index contributed by atoms with van der Waals surface area (Å²) in [7, 11) is 0. The van der Waals surface area contributed by atoms with Crippen molar-refractivity contribution in [1.29, 1.82) is 0 Å². The number of rotatable bonds is 7. The lowest BCUT2D eigenvalue weighted by atomic mass is 9.98. The van der Waals surface area contributed by atoms with Crippen LogP contribution >= 0.6 is 0 Å². The Morgan fingerprint density at radius 2 is 1.47 bits per heavy atom. The molecular weight excluding hydrogens is 640 g/mol. The summed E-state index contributed by atoms with van der Waals surface area (Å²) in [5.41, 5.74) is 1.82. The lowest BCUT2D eigenvalue weighted by molar-refractivity contribution is -0.384. The van der Waals surface area contributed by atoms with E-state index in [1.54, 1.807) is 47.6 Å². The normalized spacial score (nSPS) is 17.8. The summed E-state index contributed by atoms with van der Waals surface area (Å²) in [4.78, 5) is 51.3. The molecule has 4 aromatic rings. The second kappa shape index (κ2) is 13.8. The van der Waals surface area contributed by atoms with Gasteiger partial charge in [0.2, 0.25) is 0 Å². The molecule has 1 aliphatic rings. The largest absolute Gasteiger partial charge is 0.514 e. The van der Waals surface area contributed by atoms with Crippen molar-refractivity contribution in [2.75, 3.05) is 6.54 Å². The van der Waals surface area contributed by atoms with Crippen LogP contribution in [0, 0.1) is 10.1 Å². The van der Waals surface area contributed by atoms with E-state index in [0.29, 0.717) is 11.0 Å². The molecule has 0 saturated carbocycles. The Bertz CT molecular complexity index is 1830. The van der Waals surface area contributed by atoms with Gasteiger partial charge >= 0.3 is 18.4 Å². The molecule has 258 valence electrons. The summed E-state index contributed by atoms with van der Waals surface area (Å²) >= 11 is 0. The van der Waals surface area contributed by atoms with Crippen LogP contribution in [0.2, 0.25) is 0 Å². The highest BCUT2D eigenvalue weighted by Crippen LogP contribution is 2.31. The highest BCUT2D eigenvalue weighted by atomic mass is 16.8. The highest BCUT2D eigenvalue weighted by Gasteiger charge is 2.50. The third kappa shape index (κ3) is 9.00. The van der Waals surface area contributed by atoms with Gasteiger partial charge in [-0.1, -0.05) is 30.3 Å². The van der Waals surface area contributed by atoms with E-state index in [0.717, 1.165) is 16.7 Å². The van der Waals surface area contributed by atoms with Gasteiger partial charge in [0.1, 0.15) is 28.0 Å². The minimum absolute atomic E-state index is 0.0195. The quantitative estimate of drug-likeness (QED) is 0.0651. The average Bonchev–Trinajstić information content (AvgIpc) is 3.60. The molecule has 1 amide bonds. The van der Waals surface area contributed by atoms with Gasteiger partial charge < -0.3 is 23.7 Å². The topological polar surface area (TPSA) is 183 Å². The van der Waals surface area contributed by atoms with Crippen LogP contribution in [0.25, 0.3) is 22.2 Å². The molecule has 3 atom stereocenters. The zero-order valence-electron chi connectivity index (χ0n) is 27.8. The van der Waals surface area contributed by atoms with E-state index in [1.807, 2.05) is 36.4 Å². The SMILES string of the molecule is CC(C)(C)OC(=O)O[C@H]1CN(C(=O)OC(C)(C)C)[C@H](Cc2ccc(-c3ccc4nonc4c3)cc2)[C@@H]1OC(=O)Oc1ccc([N+](=O)[O-])cc1. The zero-order chi connectivity index (χ0) is 35.5. The Hall–Kier alpha value is -5.73. The van der Waals surface area contributed by atoms with Gasteiger partial charge in [-0.15, -0.1) is 0 Å². The number of carbonyl (C=O) groups excluding carboxylic acids is 3. The van der Waals surface area contributed by atoms with E-state index < -0.39 is 52.8 Å². The van der Waals surface area contributed by atoms with Gasteiger partial charge in [-0.05, 0) is 99.2 Å². The molecule has 0 N–H and O–H groups in total. The number of nitro groups is 1. The van der Waals surface area contributed by atoms with Crippen LogP contribution in [-0.4, -0.2) is 74.5 Å². The maximum Gasteiger partial charge on any atom is 0.514 e. The molecule has 15 heteroatoms. The predicted octanol–water partition coefficient (Wildman–Crippen LogP) is 6.86. The second-order valence-corrected chi connectivity index (χ2v) is 13.4. The van der Waals surface area contributed by atoms with Crippen molar-refractivity contribution in [1.82, 2.24) is 15.2 Å². The van der Waals surface area contributed by atoms with Crippen molar-refractivity contribution in [2.24, 2.45) is 0 Å². The maximum atomic E-state index is 13.5. The van der Waals surface area contributed by atoms with E-state index >= 15 is 0 Å². The van der Waals surface area contributed by atoms with E-state index in [1.165, 1.54) is 29.2 Å². The van der Waals surface area contributed by atoms with Gasteiger partial charge in [-0.3, -0.25) is 15.0 Å². The third-order valence-electron chi connectivity index (χ3n) is 7.25. The minimum Gasteiger partial charge on any atom is -0.444 e. The fraction of sp³-hybridized carbons (Fsp3) is 0.382. The van der Waals surface area contributed by atoms with E-state index in [2.05, 4.69) is 10.3 Å². The lowest BCUT2D eigenvalue weighted by Gasteiger charge is -2.30. The second-order valence-electron chi connectivity index (χ2n) is 13.4. The summed E-state index contributed by atoms with van der Waals surface area (Å²) in [5, 5.41) is 18.8. The molecule has 0 spiro atoms. The Morgan fingerprint density at radius 1 is 0.837 bits per heavy atom. The lowest BCUT2D eigenvalue weighted by Crippen LogP contribution is -2.45. The molecule has 49 heavy (non-hydrogen) atoms. The molecule has 1 aromatic heterocycles. The van der Waals surface area contributed by atoms with E-state index in [4.69, 9.17) is 28.3 Å². The van der Waals surface area contributed by atoms with Crippen molar-refractivity contribution in [3.8, 4) is 16.9 Å². The molecule has 1 saturated heterocycles. The first kappa shape index (κ1) is 34.6. The van der Waals surface area contributed by atoms with Gasteiger partial charge in [0.15, 0.2) is 12.2 Å². The first-order chi connectivity index (χ1) is 23.0. The molecule has 0 radical (unpaired) electrons. The number of ether oxygens (including phenoxy) is 5. The average molecular weight is 677 g/mol. The number of carbonyl (C=O) groups is 3. The van der Waals surface area contributed by atoms with Crippen LogP contribution in [0.5, 0.6) is 5.75 Å². The van der Waals surface area contributed by atoms with Gasteiger partial charge in [-0.25, -0.2) is 19.0 Å². The summed E-state index contributed by atoms with van der Waals surface area (Å²) in [6.07, 6.45) is -5.15. The predicted molar refractivity (Wildman–Crippen MR) is 173 cm³/mol. The number of fused-ring (bicyclic) bond motifs is 1. The standard InChI is InChI=1S/C34H36N4O11/c1-33(2,3)47-30(39)37-19-28(45-32(41)48-34(4,5)6)29(46-31(40)44-24-14-12-23(13-15-24)38(42)43)27(37)17-20-7-9-21(10-8-20)22-11-16-25-26(18-22)36-49-35-25/h7-16,18,27-29H,17,19H2,1-6H3/t27-,28+,29+/m1/s1. The third-order valence-corrected chi connectivity index (χ3v) is 7.25. The Morgan fingerprint density at radius 3 is 2.10 bits per heavy atom. The summed E-state index contributed by atoms with van der Waals surface area (Å²) in [5.74, 6) is -0.0195. The number of amides is 1. The highest BCUT2D eigenvalue weighted by molar-refractivity contribution is 5.80. The number of nitrogens with zero attached hydrogens (tertiary/aromatic N) is 4. The van der Waals surface area contributed by atoms with Crippen LogP contribution in [0.4, 0.5) is 20.1 Å². The van der Waals surface area contributed by atoms with Crippen molar-refractivity contribution in [3.05, 3.63) is 82.4 Å². The Labute approximate surface area is 281 Å². The number of aromatic nitrogens is 2. The first-order valence-corrected chi connectivity index (χ1v) is 15.4. The molecule has 1 fully saturated rings. The number of benzene rings is 3. The zero-order valence-corrected chi connectivity index (χ0v) is 27.8. The van der Waals surface area contributed by atoms with Crippen LogP contribution in [0.3, 0.4) is 0 Å². The van der Waals surface area contributed by atoms with Crippen molar-refractivity contribution in [3.63, 3.8) is 0 Å². The number of non-ortho nitro benzene ring substituents is 1. The number of hydrogen-bond acceptors (Lipinski definition) is 13. The van der Waals surface area contributed by atoms with Gasteiger partial charge in [0.05, 0.1) is 17.5 Å². The van der Waals surface area contributed by atoms with Crippen LogP contribution in [-0.2, 0) is 25.4 Å². The molecule has 3 aromatic carbocycles. The number of hydrogen-bond donors (Lipinski definition) is 0. The van der Waals surface area contributed by atoms with Crippen LogP contribution < -0.4 is 4.74 Å². The molecule has 0 aliphatic carbocycles. The van der Waals surface area contributed by atoms with Gasteiger partial charge in [0, 0.05) is 12.1 Å². The van der Waals surface area contributed by atoms with Crippen molar-refractivity contribution >= 4 is 35.1 Å².